The lowest BCUT2D eigenvalue weighted by atomic mass is 9.90. The Balaban J connectivity index is 1.83. The second-order valence-corrected chi connectivity index (χ2v) is 6.16. The maximum Gasteiger partial charge on any atom is 0.115 e. The first kappa shape index (κ1) is 17.1. The van der Waals surface area contributed by atoms with E-state index in [0.717, 1.165) is 12.0 Å². The van der Waals surface area contributed by atoms with Crippen molar-refractivity contribution < 1.29 is 5.11 Å². The highest BCUT2D eigenvalue weighted by molar-refractivity contribution is 7.78. The monoisotopic (exact) mass is 345 g/mol. The van der Waals surface area contributed by atoms with E-state index < -0.39 is 0 Å². The smallest absolute Gasteiger partial charge is 0.115 e. The third-order valence-corrected chi connectivity index (χ3v) is 4.40. The summed E-state index contributed by atoms with van der Waals surface area (Å²) >= 11 is 4.73. The first-order valence-electron chi connectivity index (χ1n) is 8.21. The van der Waals surface area contributed by atoms with Gasteiger partial charge in [0.15, 0.2) is 0 Å². The zero-order valence-corrected chi connectivity index (χ0v) is 14.6. The van der Waals surface area contributed by atoms with Crippen molar-refractivity contribution in [3.05, 3.63) is 101 Å². The highest BCUT2D eigenvalue weighted by Gasteiger charge is 2.14. The molecule has 0 bridgehead atoms. The van der Waals surface area contributed by atoms with E-state index in [0.29, 0.717) is 6.54 Å². The normalized spacial score (nSPS) is 11.5. The van der Waals surface area contributed by atoms with E-state index in [1.54, 1.807) is 12.1 Å². The quantitative estimate of drug-likeness (QED) is 0.491. The molecule has 0 saturated heterocycles. The fourth-order valence-electron chi connectivity index (χ4n) is 2.94. The van der Waals surface area contributed by atoms with Gasteiger partial charge in [-0.2, -0.15) is 0 Å². The zero-order valence-electron chi connectivity index (χ0n) is 13.8. The first-order valence-corrected chi connectivity index (χ1v) is 8.62. The molecular formula is C22H19NOS. The Kier molecular flexibility index (Phi) is 5.73. The van der Waals surface area contributed by atoms with Crippen LogP contribution in [0.2, 0.25) is 0 Å². The molecule has 3 heteroatoms. The summed E-state index contributed by atoms with van der Waals surface area (Å²) in [6.45, 7) is 0.548. The maximum atomic E-state index is 9.51. The summed E-state index contributed by atoms with van der Waals surface area (Å²) in [6, 6.07) is 26.3. The molecule has 3 aromatic rings. The van der Waals surface area contributed by atoms with E-state index in [1.165, 1.54) is 16.7 Å². The predicted molar refractivity (Wildman–Crippen MR) is 106 cm³/mol. The molecule has 0 aliphatic rings. The lowest BCUT2D eigenvalue weighted by Crippen LogP contribution is -2.05. The molecule has 0 heterocycles. The van der Waals surface area contributed by atoms with Crippen molar-refractivity contribution in [2.45, 2.75) is 12.3 Å². The number of phenolic OH excluding ortho intramolecular Hbond substituents is 1. The van der Waals surface area contributed by atoms with Crippen molar-refractivity contribution in [2.24, 2.45) is 4.99 Å². The van der Waals surface area contributed by atoms with Crippen LogP contribution in [0, 0.1) is 0 Å². The molecular weight excluding hydrogens is 326 g/mol. The van der Waals surface area contributed by atoms with Gasteiger partial charge in [-0.25, -0.2) is 4.99 Å². The average Bonchev–Trinajstić information content (AvgIpc) is 2.65. The number of phenols is 1. The van der Waals surface area contributed by atoms with Gasteiger partial charge >= 0.3 is 0 Å². The van der Waals surface area contributed by atoms with Crippen LogP contribution in [0.25, 0.3) is 0 Å². The van der Waals surface area contributed by atoms with Gasteiger partial charge in [0, 0.05) is 5.92 Å². The molecule has 0 radical (unpaired) electrons. The van der Waals surface area contributed by atoms with Gasteiger partial charge in [-0.3, -0.25) is 0 Å². The number of hydrogen-bond donors (Lipinski definition) is 1. The van der Waals surface area contributed by atoms with Crippen LogP contribution in [-0.4, -0.2) is 16.8 Å². The second-order valence-electron chi connectivity index (χ2n) is 5.98. The van der Waals surface area contributed by atoms with E-state index in [-0.39, 0.29) is 11.7 Å². The molecule has 0 saturated carbocycles. The Morgan fingerprint density at radius 2 is 1.36 bits per heavy atom. The largest absolute Gasteiger partial charge is 0.508 e. The van der Waals surface area contributed by atoms with E-state index in [9.17, 15) is 5.11 Å². The molecule has 3 rings (SSSR count). The molecule has 0 aliphatic carbocycles. The summed E-state index contributed by atoms with van der Waals surface area (Å²) in [5.41, 5.74) is 4.85. The van der Waals surface area contributed by atoms with E-state index in [2.05, 4.69) is 58.7 Å². The number of hydrogen-bond acceptors (Lipinski definition) is 3. The maximum absolute atomic E-state index is 9.51. The number of rotatable bonds is 6. The molecule has 0 unspecified atom stereocenters. The molecule has 2 nitrogen and oxygen atoms in total. The molecule has 0 aliphatic heterocycles. The minimum Gasteiger partial charge on any atom is -0.508 e. The van der Waals surface area contributed by atoms with E-state index in [4.69, 9.17) is 12.2 Å². The number of aromatic hydroxyl groups is 1. The van der Waals surface area contributed by atoms with Crippen LogP contribution in [0.4, 0.5) is 0 Å². The number of aliphatic imine (C=N–C) groups is 1. The lowest BCUT2D eigenvalue weighted by Gasteiger charge is -2.16. The van der Waals surface area contributed by atoms with Crippen molar-refractivity contribution in [1.82, 2.24) is 0 Å². The van der Waals surface area contributed by atoms with Crippen molar-refractivity contribution in [2.75, 3.05) is 6.54 Å². The van der Waals surface area contributed by atoms with Crippen molar-refractivity contribution >= 4 is 17.4 Å². The van der Waals surface area contributed by atoms with E-state index in [1.807, 2.05) is 18.2 Å². The topological polar surface area (TPSA) is 32.6 Å². The van der Waals surface area contributed by atoms with Crippen LogP contribution >= 0.6 is 12.2 Å². The molecule has 1 N–H and O–H groups in total. The van der Waals surface area contributed by atoms with Crippen LogP contribution in [0.3, 0.4) is 0 Å². The molecule has 0 spiro atoms. The van der Waals surface area contributed by atoms with Crippen molar-refractivity contribution in [3.8, 4) is 5.75 Å². The highest BCUT2D eigenvalue weighted by Crippen LogP contribution is 2.27. The van der Waals surface area contributed by atoms with Crippen LogP contribution < -0.4 is 0 Å². The Morgan fingerprint density at radius 3 is 1.96 bits per heavy atom. The first-order chi connectivity index (χ1) is 12.3. The predicted octanol–water partition coefficient (Wildman–Crippen LogP) is 5.22. The lowest BCUT2D eigenvalue weighted by molar-refractivity contribution is 0.475. The second kappa shape index (κ2) is 8.39. The molecule has 1 atom stereocenters. The summed E-state index contributed by atoms with van der Waals surface area (Å²) in [4.78, 5) is 4.14. The Labute approximate surface area is 153 Å². The third kappa shape index (κ3) is 4.63. The summed E-state index contributed by atoms with van der Waals surface area (Å²) in [6.07, 6.45) is 0.920. The van der Waals surface area contributed by atoms with Gasteiger partial charge in [0.25, 0.3) is 0 Å². The zero-order chi connectivity index (χ0) is 17.5. The highest BCUT2D eigenvalue weighted by atomic mass is 32.1. The Bertz CT molecular complexity index is 851. The number of nitrogens with zero attached hydrogens (tertiary/aromatic N) is 1. The van der Waals surface area contributed by atoms with Gasteiger partial charge in [-0.05, 0) is 53.0 Å². The number of thiocarbonyl (C=S) groups is 1. The van der Waals surface area contributed by atoms with E-state index >= 15 is 0 Å². The SMILES string of the molecule is Oc1ccc([C@@H](CN=C=S)c2ccc(Cc3ccccc3)cc2)cc1. The summed E-state index contributed by atoms with van der Waals surface area (Å²) in [5, 5.41) is 12.0. The summed E-state index contributed by atoms with van der Waals surface area (Å²) in [5.74, 6) is 0.362. The third-order valence-electron chi connectivity index (χ3n) is 4.27. The van der Waals surface area contributed by atoms with Crippen molar-refractivity contribution in [1.29, 1.82) is 0 Å². The molecule has 0 fully saturated rings. The van der Waals surface area contributed by atoms with Gasteiger partial charge in [-0.1, -0.05) is 66.7 Å². The van der Waals surface area contributed by atoms with Gasteiger partial charge in [-0.15, -0.1) is 0 Å². The molecule has 124 valence electrons. The summed E-state index contributed by atoms with van der Waals surface area (Å²) in [7, 11) is 0. The summed E-state index contributed by atoms with van der Waals surface area (Å²) < 4.78 is 0. The Hall–Kier alpha value is -2.74. The minimum absolute atomic E-state index is 0.0989. The molecule has 0 amide bonds. The standard InChI is InChI=1S/C22H19NOS/c24-21-12-10-20(11-13-21)22(15-23-16-25)19-8-6-18(7-9-19)14-17-4-2-1-3-5-17/h1-13,22,24H,14-15H2/t22-/m0/s1. The van der Waals surface area contributed by atoms with Gasteiger partial charge in [0.05, 0.1) is 11.7 Å². The van der Waals surface area contributed by atoms with Crippen LogP contribution in [0.1, 0.15) is 28.2 Å². The van der Waals surface area contributed by atoms with Gasteiger partial charge in [0.1, 0.15) is 5.75 Å². The Morgan fingerprint density at radius 1 is 0.800 bits per heavy atom. The fourth-order valence-corrected chi connectivity index (χ4v) is 3.01. The number of isothiocyanates is 1. The van der Waals surface area contributed by atoms with Crippen LogP contribution in [0.5, 0.6) is 5.75 Å². The van der Waals surface area contributed by atoms with Gasteiger partial charge < -0.3 is 5.11 Å². The molecule has 3 aromatic carbocycles. The van der Waals surface area contributed by atoms with Crippen molar-refractivity contribution in [3.63, 3.8) is 0 Å². The van der Waals surface area contributed by atoms with Crippen LogP contribution in [0.15, 0.2) is 83.9 Å². The fraction of sp³-hybridized carbons (Fsp3) is 0.136. The van der Waals surface area contributed by atoms with Gasteiger partial charge in [0.2, 0.25) is 0 Å². The molecule has 25 heavy (non-hydrogen) atoms. The minimum atomic E-state index is 0.0989. The van der Waals surface area contributed by atoms with Crippen LogP contribution in [-0.2, 0) is 6.42 Å². The number of benzene rings is 3. The molecule has 0 aromatic heterocycles. The average molecular weight is 345 g/mol.